The first-order chi connectivity index (χ1) is 9.02. The van der Waals surface area contributed by atoms with E-state index in [-0.39, 0.29) is 5.91 Å². The molecular weight excluding hydrogens is 248 g/mol. The quantitative estimate of drug-likeness (QED) is 0.597. The van der Waals surface area contributed by atoms with Gasteiger partial charge in [0, 0.05) is 24.8 Å². The first-order valence-electron chi connectivity index (χ1n) is 5.81. The SMILES string of the molecule is COC(=O)C(=O)Nc1ccc2c(c1)CCC(=O)N2C. The highest BCUT2D eigenvalue weighted by Crippen LogP contribution is 2.29. The first kappa shape index (κ1) is 13.1. The third-order valence-corrected chi connectivity index (χ3v) is 3.05. The largest absolute Gasteiger partial charge is 0.462 e. The van der Waals surface area contributed by atoms with Gasteiger partial charge in [-0.2, -0.15) is 0 Å². The Morgan fingerprint density at radius 2 is 2.05 bits per heavy atom. The maximum atomic E-state index is 11.5. The Morgan fingerprint density at radius 3 is 2.74 bits per heavy atom. The van der Waals surface area contributed by atoms with Gasteiger partial charge in [0.2, 0.25) is 5.91 Å². The monoisotopic (exact) mass is 262 g/mol. The summed E-state index contributed by atoms with van der Waals surface area (Å²) in [6.45, 7) is 0. The lowest BCUT2D eigenvalue weighted by atomic mass is 10.0. The summed E-state index contributed by atoms with van der Waals surface area (Å²) in [5.41, 5.74) is 2.30. The van der Waals surface area contributed by atoms with Gasteiger partial charge < -0.3 is 15.0 Å². The van der Waals surface area contributed by atoms with E-state index in [0.717, 1.165) is 18.4 Å². The van der Waals surface area contributed by atoms with Crippen molar-refractivity contribution >= 4 is 29.2 Å². The number of ether oxygens (including phenoxy) is 1. The predicted octanol–water partition coefficient (Wildman–Crippen LogP) is 0.707. The number of benzene rings is 1. The van der Waals surface area contributed by atoms with Crippen molar-refractivity contribution in [2.45, 2.75) is 12.8 Å². The van der Waals surface area contributed by atoms with E-state index in [4.69, 9.17) is 0 Å². The number of nitrogens with one attached hydrogen (secondary N) is 1. The number of carbonyl (C=O) groups excluding carboxylic acids is 3. The fraction of sp³-hybridized carbons (Fsp3) is 0.308. The van der Waals surface area contributed by atoms with Crippen molar-refractivity contribution in [1.29, 1.82) is 0 Å². The molecule has 1 N–H and O–H groups in total. The van der Waals surface area contributed by atoms with Gasteiger partial charge in [-0.1, -0.05) is 0 Å². The second-order valence-corrected chi connectivity index (χ2v) is 4.24. The van der Waals surface area contributed by atoms with Crippen LogP contribution in [0.3, 0.4) is 0 Å². The number of aryl methyl sites for hydroxylation is 1. The number of amides is 2. The van der Waals surface area contributed by atoms with Crippen molar-refractivity contribution < 1.29 is 19.1 Å². The zero-order valence-corrected chi connectivity index (χ0v) is 10.7. The molecule has 19 heavy (non-hydrogen) atoms. The van der Waals surface area contributed by atoms with Crippen LogP contribution in [0.5, 0.6) is 0 Å². The van der Waals surface area contributed by atoms with E-state index in [1.54, 1.807) is 30.1 Å². The van der Waals surface area contributed by atoms with Crippen molar-refractivity contribution in [3.8, 4) is 0 Å². The van der Waals surface area contributed by atoms with E-state index in [2.05, 4.69) is 10.1 Å². The normalized spacial score (nSPS) is 13.8. The first-order valence-corrected chi connectivity index (χ1v) is 5.81. The Kier molecular flexibility index (Phi) is 3.50. The van der Waals surface area contributed by atoms with Crippen LogP contribution < -0.4 is 10.2 Å². The fourth-order valence-corrected chi connectivity index (χ4v) is 2.01. The molecule has 1 heterocycles. The summed E-state index contributed by atoms with van der Waals surface area (Å²) < 4.78 is 4.32. The number of hydrogen-bond acceptors (Lipinski definition) is 4. The number of anilines is 2. The smallest absolute Gasteiger partial charge is 0.396 e. The minimum atomic E-state index is -0.940. The van der Waals surface area contributed by atoms with Gasteiger partial charge in [0.05, 0.1) is 7.11 Å². The molecule has 2 rings (SSSR count). The van der Waals surface area contributed by atoms with Gasteiger partial charge in [0.15, 0.2) is 0 Å². The maximum Gasteiger partial charge on any atom is 0.396 e. The third kappa shape index (κ3) is 2.57. The number of methoxy groups -OCH3 is 1. The molecule has 6 heteroatoms. The van der Waals surface area contributed by atoms with Crippen LogP contribution in [0, 0.1) is 0 Å². The van der Waals surface area contributed by atoms with Gasteiger partial charge in [-0.3, -0.25) is 9.59 Å². The third-order valence-electron chi connectivity index (χ3n) is 3.05. The molecule has 0 atom stereocenters. The Labute approximate surface area is 110 Å². The Bertz CT molecular complexity index is 554. The molecule has 0 aromatic heterocycles. The molecule has 0 radical (unpaired) electrons. The summed E-state index contributed by atoms with van der Waals surface area (Å²) in [5, 5.41) is 2.45. The Hall–Kier alpha value is -2.37. The second kappa shape index (κ2) is 5.09. The molecule has 0 aliphatic carbocycles. The molecule has 0 saturated carbocycles. The molecule has 0 bridgehead atoms. The molecule has 0 unspecified atom stereocenters. The highest BCUT2D eigenvalue weighted by molar-refractivity contribution is 6.37. The number of rotatable bonds is 1. The van der Waals surface area contributed by atoms with E-state index >= 15 is 0 Å². The summed E-state index contributed by atoms with van der Waals surface area (Å²) in [4.78, 5) is 35.5. The Balaban J connectivity index is 2.20. The van der Waals surface area contributed by atoms with Gasteiger partial charge in [0.1, 0.15) is 0 Å². The van der Waals surface area contributed by atoms with Crippen molar-refractivity contribution in [3.05, 3.63) is 23.8 Å². The highest BCUT2D eigenvalue weighted by Gasteiger charge is 2.21. The fourth-order valence-electron chi connectivity index (χ4n) is 2.01. The van der Waals surface area contributed by atoms with E-state index in [1.165, 1.54) is 0 Å². The summed E-state index contributed by atoms with van der Waals surface area (Å²) in [5.74, 6) is -1.69. The average Bonchev–Trinajstić information content (AvgIpc) is 2.42. The summed E-state index contributed by atoms with van der Waals surface area (Å²) in [6.07, 6.45) is 1.07. The van der Waals surface area contributed by atoms with Crippen LogP contribution in [0.4, 0.5) is 11.4 Å². The van der Waals surface area contributed by atoms with Gasteiger partial charge in [-0.05, 0) is 30.2 Å². The molecule has 0 fully saturated rings. The van der Waals surface area contributed by atoms with Crippen LogP contribution >= 0.6 is 0 Å². The van der Waals surface area contributed by atoms with Crippen molar-refractivity contribution in [2.75, 3.05) is 24.4 Å². The van der Waals surface area contributed by atoms with Crippen LogP contribution in [0.15, 0.2) is 18.2 Å². The summed E-state index contributed by atoms with van der Waals surface area (Å²) >= 11 is 0. The number of hydrogen-bond donors (Lipinski definition) is 1. The molecule has 0 saturated heterocycles. The van der Waals surface area contributed by atoms with Gasteiger partial charge in [0.25, 0.3) is 0 Å². The van der Waals surface area contributed by atoms with E-state index < -0.39 is 11.9 Å². The molecular formula is C13H14N2O4. The van der Waals surface area contributed by atoms with Crippen molar-refractivity contribution in [3.63, 3.8) is 0 Å². The molecule has 1 aromatic carbocycles. The van der Waals surface area contributed by atoms with Crippen molar-refractivity contribution in [1.82, 2.24) is 0 Å². The lowest BCUT2D eigenvalue weighted by Crippen LogP contribution is -2.31. The van der Waals surface area contributed by atoms with Crippen LogP contribution in [0.2, 0.25) is 0 Å². The zero-order chi connectivity index (χ0) is 14.0. The van der Waals surface area contributed by atoms with Gasteiger partial charge in [-0.15, -0.1) is 0 Å². The molecule has 6 nitrogen and oxygen atoms in total. The number of esters is 1. The highest BCUT2D eigenvalue weighted by atomic mass is 16.5. The summed E-state index contributed by atoms with van der Waals surface area (Å²) in [6, 6.07) is 5.16. The number of nitrogens with zero attached hydrogens (tertiary/aromatic N) is 1. The van der Waals surface area contributed by atoms with Gasteiger partial charge in [-0.25, -0.2) is 4.79 Å². The predicted molar refractivity (Wildman–Crippen MR) is 68.8 cm³/mol. The molecule has 0 spiro atoms. The van der Waals surface area contributed by atoms with Gasteiger partial charge >= 0.3 is 11.9 Å². The van der Waals surface area contributed by atoms with Crippen LogP contribution in [0.1, 0.15) is 12.0 Å². The lowest BCUT2D eigenvalue weighted by molar-refractivity contribution is -0.150. The Morgan fingerprint density at radius 1 is 1.32 bits per heavy atom. The average molecular weight is 262 g/mol. The molecule has 100 valence electrons. The van der Waals surface area contributed by atoms with Crippen molar-refractivity contribution in [2.24, 2.45) is 0 Å². The molecule has 1 aliphatic rings. The molecule has 1 aromatic rings. The maximum absolute atomic E-state index is 11.5. The molecule has 2 amide bonds. The topological polar surface area (TPSA) is 75.7 Å². The van der Waals surface area contributed by atoms with Crippen LogP contribution in [-0.4, -0.2) is 31.9 Å². The number of carbonyl (C=O) groups is 3. The second-order valence-electron chi connectivity index (χ2n) is 4.24. The van der Waals surface area contributed by atoms with Crippen LogP contribution in [-0.2, 0) is 25.5 Å². The van der Waals surface area contributed by atoms with Crippen LogP contribution in [0.25, 0.3) is 0 Å². The minimum Gasteiger partial charge on any atom is -0.462 e. The minimum absolute atomic E-state index is 0.0684. The number of fused-ring (bicyclic) bond motifs is 1. The van der Waals surface area contributed by atoms with E-state index in [9.17, 15) is 14.4 Å². The molecule has 1 aliphatic heterocycles. The lowest BCUT2D eigenvalue weighted by Gasteiger charge is -2.26. The standard InChI is InChI=1S/C13H14N2O4/c1-15-10-5-4-9(14-12(17)13(18)19-2)7-8(10)3-6-11(15)16/h4-5,7H,3,6H2,1-2H3,(H,14,17). The summed E-state index contributed by atoms with van der Waals surface area (Å²) in [7, 11) is 2.86. The zero-order valence-electron chi connectivity index (χ0n) is 10.7. The van der Waals surface area contributed by atoms with E-state index in [1.807, 2.05) is 0 Å². The van der Waals surface area contributed by atoms with E-state index in [0.29, 0.717) is 18.5 Å².